The molecule has 1 atom stereocenters. The number of ether oxygens (including phenoxy) is 2. The van der Waals surface area contributed by atoms with E-state index in [0.29, 0.717) is 13.2 Å². The quantitative estimate of drug-likeness (QED) is 0.789. The van der Waals surface area contributed by atoms with E-state index in [1.54, 1.807) is 0 Å². The van der Waals surface area contributed by atoms with Crippen molar-refractivity contribution < 1.29 is 14.6 Å². The molecule has 18 heavy (non-hydrogen) atoms. The van der Waals surface area contributed by atoms with Gasteiger partial charge in [0, 0.05) is 6.42 Å². The molecule has 0 amide bonds. The van der Waals surface area contributed by atoms with Gasteiger partial charge < -0.3 is 14.6 Å². The predicted octanol–water partition coefficient (Wildman–Crippen LogP) is 3.04. The fraction of sp³-hybridized carbons (Fsp3) is 0.600. The molecule has 1 aliphatic heterocycles. The molecule has 0 spiro atoms. The minimum atomic E-state index is -0.391. The second kappa shape index (κ2) is 6.32. The van der Waals surface area contributed by atoms with Crippen LogP contribution in [0.25, 0.3) is 0 Å². The van der Waals surface area contributed by atoms with E-state index in [1.807, 2.05) is 37.3 Å². The fourth-order valence-electron chi connectivity index (χ4n) is 2.33. The summed E-state index contributed by atoms with van der Waals surface area (Å²) in [7, 11) is 0. The van der Waals surface area contributed by atoms with Gasteiger partial charge in [-0.05, 0) is 25.3 Å². The lowest BCUT2D eigenvalue weighted by atomic mass is 10.0. The van der Waals surface area contributed by atoms with Gasteiger partial charge in [-0.2, -0.15) is 0 Å². The number of benzene rings is 1. The number of hydrogen-bond donors (Lipinski definition) is 1. The van der Waals surface area contributed by atoms with Crippen LogP contribution in [0.15, 0.2) is 30.3 Å². The summed E-state index contributed by atoms with van der Waals surface area (Å²) in [5.74, 6) is -0.391. The van der Waals surface area contributed by atoms with Crippen LogP contribution in [0.5, 0.6) is 0 Å². The molecule has 1 N–H and O–H groups in total. The Bertz CT molecular complexity index is 344. The normalized spacial score (nSPS) is 19.9. The first-order valence-corrected chi connectivity index (χ1v) is 6.70. The molecule has 1 aliphatic rings. The van der Waals surface area contributed by atoms with E-state index in [-0.39, 0.29) is 6.10 Å². The first-order valence-electron chi connectivity index (χ1n) is 6.70. The summed E-state index contributed by atoms with van der Waals surface area (Å²) in [4.78, 5) is 0. The number of hydrogen-bond acceptors (Lipinski definition) is 3. The Balaban J connectivity index is 1.66. The van der Waals surface area contributed by atoms with Gasteiger partial charge in [0.2, 0.25) is 0 Å². The Morgan fingerprint density at radius 3 is 2.50 bits per heavy atom. The Kier molecular flexibility index (Phi) is 4.75. The summed E-state index contributed by atoms with van der Waals surface area (Å²) in [5, 5.41) is 10.0. The average Bonchev–Trinajstić information content (AvgIpc) is 2.83. The van der Waals surface area contributed by atoms with E-state index < -0.39 is 5.79 Å². The number of unbranched alkanes of at least 4 members (excludes halogenated alkanes) is 1. The summed E-state index contributed by atoms with van der Waals surface area (Å²) >= 11 is 0. The van der Waals surface area contributed by atoms with Crippen molar-refractivity contribution in [2.75, 3.05) is 13.2 Å². The van der Waals surface area contributed by atoms with Crippen molar-refractivity contribution in [3.8, 4) is 0 Å². The van der Waals surface area contributed by atoms with E-state index >= 15 is 0 Å². The zero-order valence-electron chi connectivity index (χ0n) is 11.0. The molecule has 0 radical (unpaired) electrons. The molecule has 0 saturated carbocycles. The van der Waals surface area contributed by atoms with Crippen molar-refractivity contribution in [1.29, 1.82) is 0 Å². The highest BCUT2D eigenvalue weighted by Gasteiger charge is 2.29. The molecule has 1 saturated heterocycles. The molecule has 3 heteroatoms. The summed E-state index contributed by atoms with van der Waals surface area (Å²) in [6.45, 7) is 3.39. The van der Waals surface area contributed by atoms with Crippen molar-refractivity contribution in [2.24, 2.45) is 0 Å². The molecule has 0 bridgehead atoms. The minimum Gasteiger partial charge on any atom is -0.388 e. The smallest absolute Gasteiger partial charge is 0.165 e. The third-order valence-corrected chi connectivity index (χ3v) is 3.44. The van der Waals surface area contributed by atoms with Crippen LogP contribution in [0, 0.1) is 0 Å². The van der Waals surface area contributed by atoms with Gasteiger partial charge in [0.15, 0.2) is 5.79 Å². The molecule has 1 heterocycles. The van der Waals surface area contributed by atoms with Crippen LogP contribution < -0.4 is 0 Å². The third-order valence-electron chi connectivity index (χ3n) is 3.44. The Hall–Kier alpha value is -0.900. The summed E-state index contributed by atoms with van der Waals surface area (Å²) in [6, 6.07) is 9.82. The van der Waals surface area contributed by atoms with Crippen molar-refractivity contribution in [3.05, 3.63) is 35.9 Å². The van der Waals surface area contributed by atoms with Gasteiger partial charge in [0.25, 0.3) is 0 Å². The Morgan fingerprint density at radius 2 is 1.83 bits per heavy atom. The fourth-order valence-corrected chi connectivity index (χ4v) is 2.33. The van der Waals surface area contributed by atoms with Gasteiger partial charge >= 0.3 is 0 Å². The number of aliphatic hydroxyl groups is 1. The zero-order valence-corrected chi connectivity index (χ0v) is 11.0. The second-order valence-corrected chi connectivity index (χ2v) is 5.00. The van der Waals surface area contributed by atoms with Crippen molar-refractivity contribution in [3.63, 3.8) is 0 Å². The molecule has 100 valence electrons. The van der Waals surface area contributed by atoms with Gasteiger partial charge in [-0.1, -0.05) is 36.8 Å². The van der Waals surface area contributed by atoms with Crippen molar-refractivity contribution in [2.45, 2.75) is 44.5 Å². The predicted molar refractivity (Wildman–Crippen MR) is 70.2 cm³/mol. The lowest BCUT2D eigenvalue weighted by Crippen LogP contribution is -2.25. The van der Waals surface area contributed by atoms with Crippen LogP contribution in [0.1, 0.15) is 44.3 Å². The molecule has 1 aromatic rings. The molecular formula is C15H22O3. The molecule has 1 aromatic carbocycles. The van der Waals surface area contributed by atoms with Gasteiger partial charge in [-0.3, -0.25) is 0 Å². The first-order chi connectivity index (χ1) is 8.70. The molecule has 2 rings (SSSR count). The Morgan fingerprint density at radius 1 is 1.17 bits per heavy atom. The van der Waals surface area contributed by atoms with Crippen molar-refractivity contribution >= 4 is 0 Å². The minimum absolute atomic E-state index is 0.357. The highest BCUT2D eigenvalue weighted by atomic mass is 16.7. The summed E-state index contributed by atoms with van der Waals surface area (Å²) in [6.07, 6.45) is 3.33. The third kappa shape index (κ3) is 3.80. The van der Waals surface area contributed by atoms with E-state index in [2.05, 4.69) is 0 Å². The SMILES string of the molecule is CC1(CCCCC(O)c2ccccc2)OCCO1. The van der Waals surface area contributed by atoms with Crippen LogP contribution in [-0.2, 0) is 9.47 Å². The summed E-state index contributed by atoms with van der Waals surface area (Å²) < 4.78 is 11.1. The molecule has 3 nitrogen and oxygen atoms in total. The number of rotatable bonds is 6. The monoisotopic (exact) mass is 250 g/mol. The van der Waals surface area contributed by atoms with Crippen LogP contribution in [0.2, 0.25) is 0 Å². The maximum Gasteiger partial charge on any atom is 0.165 e. The molecule has 1 fully saturated rings. The van der Waals surface area contributed by atoms with E-state index in [0.717, 1.165) is 31.2 Å². The molecule has 0 aromatic heterocycles. The number of aliphatic hydroxyl groups excluding tert-OH is 1. The zero-order chi connectivity index (χ0) is 12.8. The van der Waals surface area contributed by atoms with E-state index in [1.165, 1.54) is 0 Å². The van der Waals surface area contributed by atoms with Gasteiger partial charge in [0.05, 0.1) is 19.3 Å². The lowest BCUT2D eigenvalue weighted by molar-refractivity contribution is -0.147. The highest BCUT2D eigenvalue weighted by molar-refractivity contribution is 5.16. The highest BCUT2D eigenvalue weighted by Crippen LogP contribution is 2.26. The second-order valence-electron chi connectivity index (χ2n) is 5.00. The van der Waals surface area contributed by atoms with Crippen molar-refractivity contribution in [1.82, 2.24) is 0 Å². The van der Waals surface area contributed by atoms with Gasteiger partial charge in [0.1, 0.15) is 0 Å². The lowest BCUT2D eigenvalue weighted by Gasteiger charge is -2.22. The first kappa shape index (κ1) is 13.5. The standard InChI is InChI=1S/C15H22O3/c1-15(17-11-12-18-15)10-6-5-9-14(16)13-7-3-2-4-8-13/h2-4,7-8,14,16H,5-6,9-12H2,1H3. The van der Waals surface area contributed by atoms with E-state index in [9.17, 15) is 5.11 Å². The van der Waals surface area contributed by atoms with Gasteiger partial charge in [-0.25, -0.2) is 0 Å². The topological polar surface area (TPSA) is 38.7 Å². The summed E-state index contributed by atoms with van der Waals surface area (Å²) in [5.41, 5.74) is 0.997. The molecule has 1 unspecified atom stereocenters. The molecular weight excluding hydrogens is 228 g/mol. The van der Waals surface area contributed by atoms with Crippen LogP contribution in [-0.4, -0.2) is 24.1 Å². The maximum absolute atomic E-state index is 10.0. The average molecular weight is 250 g/mol. The van der Waals surface area contributed by atoms with Crippen LogP contribution in [0.4, 0.5) is 0 Å². The largest absolute Gasteiger partial charge is 0.388 e. The van der Waals surface area contributed by atoms with Gasteiger partial charge in [-0.15, -0.1) is 0 Å². The van der Waals surface area contributed by atoms with Crippen LogP contribution >= 0.6 is 0 Å². The van der Waals surface area contributed by atoms with E-state index in [4.69, 9.17) is 9.47 Å². The maximum atomic E-state index is 10.0. The van der Waals surface area contributed by atoms with Crippen LogP contribution in [0.3, 0.4) is 0 Å². The Labute approximate surface area is 109 Å². The molecule has 0 aliphatic carbocycles.